The maximum absolute atomic E-state index is 12.2. The lowest BCUT2D eigenvalue weighted by Gasteiger charge is -2.36. The van der Waals surface area contributed by atoms with E-state index in [1.54, 1.807) is 10.3 Å². The summed E-state index contributed by atoms with van der Waals surface area (Å²) >= 11 is 1.44. The first-order valence-corrected chi connectivity index (χ1v) is 7.23. The second-order valence-electron chi connectivity index (χ2n) is 5.03. The Labute approximate surface area is 119 Å². The van der Waals surface area contributed by atoms with E-state index < -0.39 is 11.6 Å². The zero-order chi connectivity index (χ0) is 14.3. The van der Waals surface area contributed by atoms with Gasteiger partial charge >= 0.3 is 6.03 Å². The van der Waals surface area contributed by atoms with Gasteiger partial charge in [0, 0.05) is 18.5 Å². The van der Waals surface area contributed by atoms with Gasteiger partial charge < -0.3 is 10.2 Å². The minimum atomic E-state index is -0.841. The molecule has 0 saturated carbocycles. The van der Waals surface area contributed by atoms with Crippen molar-refractivity contribution in [3.8, 4) is 0 Å². The Morgan fingerprint density at radius 1 is 1.40 bits per heavy atom. The first kappa shape index (κ1) is 13.0. The van der Waals surface area contributed by atoms with Gasteiger partial charge in [0.25, 0.3) is 11.8 Å². The van der Waals surface area contributed by atoms with Crippen molar-refractivity contribution in [3.63, 3.8) is 0 Å². The smallest absolute Gasteiger partial charge is 0.322 e. The van der Waals surface area contributed by atoms with Gasteiger partial charge in [0.15, 0.2) is 0 Å². The van der Waals surface area contributed by atoms with Gasteiger partial charge in [0.05, 0.1) is 5.01 Å². The van der Waals surface area contributed by atoms with E-state index in [4.69, 9.17) is 0 Å². The third kappa shape index (κ3) is 2.05. The summed E-state index contributed by atoms with van der Waals surface area (Å²) in [4.78, 5) is 41.1. The molecule has 2 saturated heterocycles. The van der Waals surface area contributed by atoms with Crippen LogP contribution in [-0.2, 0) is 4.79 Å². The van der Waals surface area contributed by atoms with Crippen LogP contribution in [0.4, 0.5) is 4.79 Å². The fourth-order valence-electron chi connectivity index (χ4n) is 2.60. The maximum Gasteiger partial charge on any atom is 0.322 e. The highest BCUT2D eigenvalue weighted by Gasteiger charge is 2.48. The predicted molar refractivity (Wildman–Crippen MR) is 71.4 cm³/mol. The van der Waals surface area contributed by atoms with Crippen molar-refractivity contribution >= 4 is 29.2 Å². The summed E-state index contributed by atoms with van der Waals surface area (Å²) in [6.45, 7) is 2.72. The normalized spacial score (nSPS) is 20.9. The first-order valence-electron chi connectivity index (χ1n) is 6.35. The van der Waals surface area contributed by atoms with Gasteiger partial charge in [-0.25, -0.2) is 9.78 Å². The Morgan fingerprint density at radius 2 is 2.10 bits per heavy atom. The zero-order valence-electron chi connectivity index (χ0n) is 10.9. The van der Waals surface area contributed by atoms with Gasteiger partial charge in [0.2, 0.25) is 0 Å². The molecule has 3 rings (SSSR count). The molecule has 2 N–H and O–H groups in total. The fourth-order valence-corrected chi connectivity index (χ4v) is 3.18. The lowest BCUT2D eigenvalue weighted by molar-refractivity contribution is -0.125. The Balaban J connectivity index is 1.68. The Kier molecular flexibility index (Phi) is 2.97. The van der Waals surface area contributed by atoms with Crippen molar-refractivity contribution in [1.29, 1.82) is 0 Å². The molecule has 0 bridgehead atoms. The molecule has 7 nitrogen and oxygen atoms in total. The van der Waals surface area contributed by atoms with Crippen molar-refractivity contribution in [2.45, 2.75) is 25.3 Å². The summed E-state index contributed by atoms with van der Waals surface area (Å²) in [5, 5.41) is 7.52. The predicted octanol–water partition coefficient (Wildman–Crippen LogP) is 0.266. The highest BCUT2D eigenvalue weighted by atomic mass is 32.1. The van der Waals surface area contributed by atoms with Crippen LogP contribution in [0.1, 0.15) is 28.3 Å². The number of urea groups is 1. The Morgan fingerprint density at radius 3 is 2.60 bits per heavy atom. The number of piperidine rings is 1. The number of imide groups is 1. The molecule has 4 amide bonds. The Hall–Kier alpha value is -1.96. The molecule has 0 atom stereocenters. The fraction of sp³-hybridized carbons (Fsp3) is 0.500. The van der Waals surface area contributed by atoms with Crippen LogP contribution in [0, 0.1) is 6.92 Å². The van der Waals surface area contributed by atoms with Crippen molar-refractivity contribution in [3.05, 3.63) is 16.1 Å². The summed E-state index contributed by atoms with van der Waals surface area (Å²) in [5.74, 6) is -0.409. The number of likely N-dealkylation sites (tertiary alicyclic amines) is 1. The summed E-state index contributed by atoms with van der Waals surface area (Å²) in [5.41, 5.74) is -0.394. The topological polar surface area (TPSA) is 91.4 Å². The number of carbonyl (C=O) groups excluding carboxylic acids is 3. The van der Waals surface area contributed by atoms with E-state index in [0.29, 0.717) is 31.6 Å². The molecule has 1 spiro atoms. The Bertz CT molecular complexity index is 589. The third-order valence-corrected chi connectivity index (χ3v) is 4.53. The van der Waals surface area contributed by atoms with Crippen LogP contribution in [0.3, 0.4) is 0 Å². The standard InChI is InChI=1S/C12H14N4O3S/c1-7-13-8(6-20-7)9(17)16-4-2-12(3-5-16)10(18)14-11(19)15-12/h6H,2-5H2,1H3,(H2,14,15,18,19). The minimum absolute atomic E-state index is 0.117. The van der Waals surface area contributed by atoms with Crippen LogP contribution in [0.2, 0.25) is 0 Å². The zero-order valence-corrected chi connectivity index (χ0v) is 11.7. The van der Waals surface area contributed by atoms with E-state index in [1.165, 1.54) is 11.3 Å². The summed E-state index contributed by atoms with van der Waals surface area (Å²) in [7, 11) is 0. The molecule has 0 aromatic carbocycles. The first-order chi connectivity index (χ1) is 9.50. The SMILES string of the molecule is Cc1nc(C(=O)N2CCC3(CC2)NC(=O)NC3=O)cs1. The molecule has 0 unspecified atom stereocenters. The lowest BCUT2D eigenvalue weighted by Crippen LogP contribution is -2.55. The summed E-state index contributed by atoms with van der Waals surface area (Å²) < 4.78 is 0. The summed E-state index contributed by atoms with van der Waals surface area (Å²) in [6.07, 6.45) is 0.860. The van der Waals surface area contributed by atoms with Crippen LogP contribution in [-0.4, -0.2) is 46.4 Å². The molecule has 2 aliphatic rings. The minimum Gasteiger partial charge on any atom is -0.337 e. The number of amides is 4. The van der Waals surface area contributed by atoms with Crippen LogP contribution in [0.15, 0.2) is 5.38 Å². The van der Waals surface area contributed by atoms with Gasteiger partial charge in [-0.3, -0.25) is 14.9 Å². The number of aryl methyl sites for hydroxylation is 1. The van der Waals surface area contributed by atoms with E-state index >= 15 is 0 Å². The van der Waals surface area contributed by atoms with E-state index in [0.717, 1.165) is 5.01 Å². The van der Waals surface area contributed by atoms with Gasteiger partial charge in [-0.15, -0.1) is 11.3 Å². The number of carbonyl (C=O) groups is 3. The molecule has 106 valence electrons. The van der Waals surface area contributed by atoms with Crippen LogP contribution in [0.25, 0.3) is 0 Å². The lowest BCUT2D eigenvalue weighted by atomic mass is 9.87. The highest BCUT2D eigenvalue weighted by Crippen LogP contribution is 2.26. The van der Waals surface area contributed by atoms with Gasteiger partial charge in [-0.1, -0.05) is 0 Å². The average Bonchev–Trinajstić information content (AvgIpc) is 2.95. The maximum atomic E-state index is 12.2. The number of nitrogens with zero attached hydrogens (tertiary/aromatic N) is 2. The van der Waals surface area contributed by atoms with Crippen molar-refractivity contribution in [2.75, 3.05) is 13.1 Å². The molecule has 0 aliphatic carbocycles. The van der Waals surface area contributed by atoms with Crippen molar-refractivity contribution in [1.82, 2.24) is 20.5 Å². The number of aromatic nitrogens is 1. The van der Waals surface area contributed by atoms with Gasteiger partial charge in [-0.2, -0.15) is 0 Å². The number of thiazole rings is 1. The van der Waals surface area contributed by atoms with Crippen molar-refractivity contribution < 1.29 is 14.4 Å². The number of hydrogen-bond donors (Lipinski definition) is 2. The molecule has 2 aliphatic heterocycles. The molecule has 8 heteroatoms. The second-order valence-corrected chi connectivity index (χ2v) is 6.10. The molecular formula is C12H14N4O3S. The molecule has 3 heterocycles. The van der Waals surface area contributed by atoms with Gasteiger partial charge in [-0.05, 0) is 19.8 Å². The van der Waals surface area contributed by atoms with Crippen molar-refractivity contribution in [2.24, 2.45) is 0 Å². The second kappa shape index (κ2) is 4.55. The quantitative estimate of drug-likeness (QED) is 0.727. The molecule has 0 radical (unpaired) electrons. The largest absolute Gasteiger partial charge is 0.337 e. The molecular weight excluding hydrogens is 280 g/mol. The third-order valence-electron chi connectivity index (χ3n) is 3.76. The van der Waals surface area contributed by atoms with E-state index in [1.807, 2.05) is 6.92 Å². The number of hydrogen-bond acceptors (Lipinski definition) is 5. The highest BCUT2D eigenvalue weighted by molar-refractivity contribution is 7.09. The summed E-state index contributed by atoms with van der Waals surface area (Å²) in [6, 6.07) is -0.454. The monoisotopic (exact) mass is 294 g/mol. The number of rotatable bonds is 1. The molecule has 20 heavy (non-hydrogen) atoms. The molecule has 1 aromatic rings. The van der Waals surface area contributed by atoms with Crippen LogP contribution in [0.5, 0.6) is 0 Å². The van der Waals surface area contributed by atoms with E-state index in [9.17, 15) is 14.4 Å². The van der Waals surface area contributed by atoms with Crippen LogP contribution < -0.4 is 10.6 Å². The van der Waals surface area contributed by atoms with Gasteiger partial charge in [0.1, 0.15) is 11.2 Å². The average molecular weight is 294 g/mol. The van der Waals surface area contributed by atoms with E-state index in [-0.39, 0.29) is 11.8 Å². The van der Waals surface area contributed by atoms with E-state index in [2.05, 4.69) is 15.6 Å². The molecule has 2 fully saturated rings. The molecule has 1 aromatic heterocycles. The van der Waals surface area contributed by atoms with Crippen LogP contribution >= 0.6 is 11.3 Å². The number of nitrogens with one attached hydrogen (secondary N) is 2.